The lowest BCUT2D eigenvalue weighted by Gasteiger charge is -2.29. The minimum Gasteiger partial charge on any atom is -0.376 e. The minimum absolute atomic E-state index is 0.380. The molecule has 1 N–H and O–H groups in total. The van der Waals surface area contributed by atoms with Crippen molar-refractivity contribution in [3.8, 4) is 0 Å². The smallest absolute Gasteiger partial charge is 0.127 e. The molecule has 1 fully saturated rings. The Bertz CT molecular complexity index is 355. The van der Waals surface area contributed by atoms with Crippen LogP contribution in [0.4, 0.5) is 5.82 Å². The maximum atomic E-state index is 5.77. The molecule has 0 amide bonds. The number of aryl methyl sites for hydroxylation is 1. The zero-order valence-electron chi connectivity index (χ0n) is 9.07. The van der Waals surface area contributed by atoms with E-state index in [2.05, 4.69) is 22.0 Å². The molecule has 15 heavy (non-hydrogen) atoms. The minimum atomic E-state index is 0.380. The van der Waals surface area contributed by atoms with Crippen LogP contribution in [-0.4, -0.2) is 29.0 Å². The van der Waals surface area contributed by atoms with E-state index in [1.807, 2.05) is 6.20 Å². The molecule has 0 aliphatic carbocycles. The molecule has 2 atom stereocenters. The van der Waals surface area contributed by atoms with Gasteiger partial charge in [0.05, 0.1) is 18.3 Å². The Balaban J connectivity index is 1.91. The van der Waals surface area contributed by atoms with E-state index < -0.39 is 0 Å². The quantitative estimate of drug-likeness (QED) is 0.762. The predicted molar refractivity (Wildman–Crippen MR) is 58.1 cm³/mol. The Labute approximate surface area is 89.6 Å². The van der Waals surface area contributed by atoms with Crippen LogP contribution >= 0.6 is 0 Å². The summed E-state index contributed by atoms with van der Waals surface area (Å²) in [5.41, 5.74) is 1.23. The second-order valence-corrected chi connectivity index (χ2v) is 4.46. The third-order valence-electron chi connectivity index (χ3n) is 3.42. The van der Waals surface area contributed by atoms with Crippen molar-refractivity contribution >= 4 is 5.82 Å². The lowest BCUT2D eigenvalue weighted by Crippen LogP contribution is -2.31. The van der Waals surface area contributed by atoms with Gasteiger partial charge in [0.25, 0.3) is 0 Å². The summed E-state index contributed by atoms with van der Waals surface area (Å²) >= 11 is 0. The van der Waals surface area contributed by atoms with Gasteiger partial charge in [0.1, 0.15) is 5.82 Å². The second-order valence-electron chi connectivity index (χ2n) is 4.46. The Morgan fingerprint density at radius 2 is 2.47 bits per heavy atom. The second kappa shape index (κ2) is 3.52. The molecule has 0 saturated carbocycles. The van der Waals surface area contributed by atoms with E-state index in [-0.39, 0.29) is 0 Å². The number of fused-ring (bicyclic) bond motifs is 1. The van der Waals surface area contributed by atoms with Gasteiger partial charge in [0.15, 0.2) is 0 Å². The molecule has 1 aromatic rings. The summed E-state index contributed by atoms with van der Waals surface area (Å²) in [4.78, 5) is 0. The number of ether oxygens (including phenoxy) is 1. The molecule has 82 valence electrons. The Hall–Kier alpha value is -1.03. The van der Waals surface area contributed by atoms with Gasteiger partial charge in [-0.2, -0.15) is 5.10 Å². The number of nitrogens with one attached hydrogen (secondary N) is 1. The van der Waals surface area contributed by atoms with E-state index in [1.165, 1.54) is 24.2 Å². The van der Waals surface area contributed by atoms with Crippen LogP contribution in [0.2, 0.25) is 0 Å². The summed E-state index contributed by atoms with van der Waals surface area (Å²) in [6, 6.07) is 0.442. The molecular formula is C11H17N3O. The van der Waals surface area contributed by atoms with Gasteiger partial charge in [-0.3, -0.25) is 0 Å². The van der Waals surface area contributed by atoms with E-state index in [1.54, 1.807) is 0 Å². The highest BCUT2D eigenvalue weighted by molar-refractivity contribution is 5.44. The van der Waals surface area contributed by atoms with Gasteiger partial charge in [0.2, 0.25) is 0 Å². The lowest BCUT2D eigenvalue weighted by molar-refractivity contribution is 0.0591. The Morgan fingerprint density at radius 3 is 3.27 bits per heavy atom. The van der Waals surface area contributed by atoms with Crippen molar-refractivity contribution in [1.82, 2.24) is 9.78 Å². The third-order valence-corrected chi connectivity index (χ3v) is 3.42. The van der Waals surface area contributed by atoms with Crippen molar-refractivity contribution in [3.05, 3.63) is 11.8 Å². The van der Waals surface area contributed by atoms with Crippen molar-refractivity contribution in [2.75, 3.05) is 18.5 Å². The SMILES string of the molecule is Cc1cnn2c1NCCC2C1CCCO1. The highest BCUT2D eigenvalue weighted by Gasteiger charge is 2.31. The first-order valence-corrected chi connectivity index (χ1v) is 5.76. The van der Waals surface area contributed by atoms with Gasteiger partial charge >= 0.3 is 0 Å². The Kier molecular flexibility index (Phi) is 2.16. The predicted octanol–water partition coefficient (Wildman–Crippen LogP) is 1.73. The van der Waals surface area contributed by atoms with E-state index in [4.69, 9.17) is 4.74 Å². The first kappa shape index (κ1) is 9.21. The van der Waals surface area contributed by atoms with E-state index >= 15 is 0 Å². The fourth-order valence-electron chi connectivity index (χ4n) is 2.63. The van der Waals surface area contributed by atoms with Crippen molar-refractivity contribution in [1.29, 1.82) is 0 Å². The topological polar surface area (TPSA) is 39.1 Å². The van der Waals surface area contributed by atoms with Gasteiger partial charge in [-0.05, 0) is 26.2 Å². The number of nitrogens with zero attached hydrogens (tertiary/aromatic N) is 2. The van der Waals surface area contributed by atoms with Gasteiger partial charge < -0.3 is 10.1 Å². The molecule has 4 nitrogen and oxygen atoms in total. The zero-order chi connectivity index (χ0) is 10.3. The lowest BCUT2D eigenvalue weighted by atomic mass is 10.0. The summed E-state index contributed by atoms with van der Waals surface area (Å²) in [5, 5.41) is 7.87. The van der Waals surface area contributed by atoms with Gasteiger partial charge in [0, 0.05) is 18.7 Å². The molecule has 1 saturated heterocycles. The molecule has 0 bridgehead atoms. The van der Waals surface area contributed by atoms with Crippen LogP contribution in [0.3, 0.4) is 0 Å². The summed E-state index contributed by atoms with van der Waals surface area (Å²) < 4.78 is 7.89. The fraction of sp³-hybridized carbons (Fsp3) is 0.727. The van der Waals surface area contributed by atoms with E-state index in [0.29, 0.717) is 12.1 Å². The molecule has 2 unspecified atom stereocenters. The van der Waals surface area contributed by atoms with Crippen molar-refractivity contribution < 1.29 is 4.74 Å². The Morgan fingerprint density at radius 1 is 1.53 bits per heavy atom. The zero-order valence-corrected chi connectivity index (χ0v) is 9.07. The normalized spacial score (nSPS) is 29.9. The van der Waals surface area contributed by atoms with Crippen LogP contribution in [-0.2, 0) is 4.74 Å². The van der Waals surface area contributed by atoms with E-state index in [9.17, 15) is 0 Å². The largest absolute Gasteiger partial charge is 0.376 e. The number of rotatable bonds is 1. The molecule has 3 heterocycles. The number of hydrogen-bond donors (Lipinski definition) is 1. The molecule has 0 spiro atoms. The maximum absolute atomic E-state index is 5.77. The molecular weight excluding hydrogens is 190 g/mol. The summed E-state index contributed by atoms with van der Waals surface area (Å²) in [6.07, 6.45) is 5.83. The van der Waals surface area contributed by atoms with Crippen LogP contribution in [0.15, 0.2) is 6.20 Å². The van der Waals surface area contributed by atoms with Crippen LogP contribution in [0.25, 0.3) is 0 Å². The monoisotopic (exact) mass is 207 g/mol. The highest BCUT2D eigenvalue weighted by atomic mass is 16.5. The number of hydrogen-bond acceptors (Lipinski definition) is 3. The standard InChI is InChI=1S/C11H17N3O/c1-8-7-13-14-9(4-5-12-11(8)14)10-3-2-6-15-10/h7,9-10,12H,2-6H2,1H3. The van der Waals surface area contributed by atoms with Gasteiger partial charge in [-0.15, -0.1) is 0 Å². The third kappa shape index (κ3) is 1.44. The number of aromatic nitrogens is 2. The number of anilines is 1. The first-order chi connectivity index (χ1) is 7.36. The van der Waals surface area contributed by atoms with Gasteiger partial charge in [-0.1, -0.05) is 0 Å². The average Bonchev–Trinajstić information content (AvgIpc) is 2.88. The highest BCUT2D eigenvalue weighted by Crippen LogP contribution is 2.33. The molecule has 4 heteroatoms. The van der Waals surface area contributed by atoms with Crippen LogP contribution in [0.5, 0.6) is 0 Å². The molecule has 2 aliphatic rings. The average molecular weight is 207 g/mol. The first-order valence-electron chi connectivity index (χ1n) is 5.76. The van der Waals surface area contributed by atoms with Crippen molar-refractivity contribution in [2.45, 2.75) is 38.3 Å². The molecule has 2 aliphatic heterocycles. The van der Waals surface area contributed by atoms with Crippen molar-refractivity contribution in [2.24, 2.45) is 0 Å². The van der Waals surface area contributed by atoms with Gasteiger partial charge in [-0.25, -0.2) is 4.68 Å². The van der Waals surface area contributed by atoms with Crippen LogP contribution in [0.1, 0.15) is 30.9 Å². The molecule has 0 aromatic carbocycles. The van der Waals surface area contributed by atoms with Crippen LogP contribution in [0, 0.1) is 6.92 Å². The maximum Gasteiger partial charge on any atom is 0.127 e. The van der Waals surface area contributed by atoms with Crippen LogP contribution < -0.4 is 5.32 Å². The molecule has 1 aromatic heterocycles. The fourth-order valence-corrected chi connectivity index (χ4v) is 2.63. The molecule has 3 rings (SSSR count). The van der Waals surface area contributed by atoms with Crippen molar-refractivity contribution in [3.63, 3.8) is 0 Å². The summed E-state index contributed by atoms with van der Waals surface area (Å²) in [6.45, 7) is 4.06. The summed E-state index contributed by atoms with van der Waals surface area (Å²) in [7, 11) is 0. The van der Waals surface area contributed by atoms with E-state index in [0.717, 1.165) is 19.6 Å². The summed E-state index contributed by atoms with van der Waals surface area (Å²) in [5.74, 6) is 1.18. The molecule has 0 radical (unpaired) electrons.